The number of aliphatic hydroxyl groups is 1. The number of benzene rings is 2. The molecule has 0 bridgehead atoms. The average molecular weight is 586 g/mol. The first-order valence-corrected chi connectivity index (χ1v) is 14.9. The molecule has 222 valence electrons. The molecule has 2 aromatic carbocycles. The number of aromatic nitrogens is 1. The van der Waals surface area contributed by atoms with Crippen molar-refractivity contribution in [1.82, 2.24) is 25.0 Å². The summed E-state index contributed by atoms with van der Waals surface area (Å²) in [6, 6.07) is 12.8. The number of H-pyrrole nitrogens is 1. The number of amides is 3. The fourth-order valence-corrected chi connectivity index (χ4v) is 7.91. The molecule has 0 radical (unpaired) electrons. The van der Waals surface area contributed by atoms with Gasteiger partial charge in [-0.2, -0.15) is 0 Å². The van der Waals surface area contributed by atoms with Gasteiger partial charge in [0.15, 0.2) is 0 Å². The average Bonchev–Trinajstić information content (AvgIpc) is 3.73. The Hall–Kier alpha value is -3.99. The first-order chi connectivity index (χ1) is 21.9. The summed E-state index contributed by atoms with van der Waals surface area (Å²) in [6.07, 6.45) is 5.43. The van der Waals surface area contributed by atoms with Crippen LogP contribution in [-0.2, 0) is 32.0 Å². The summed E-state index contributed by atoms with van der Waals surface area (Å²) in [5, 5.41) is 15.8. The van der Waals surface area contributed by atoms with E-state index in [1.165, 1.54) is 11.8 Å². The highest BCUT2D eigenvalue weighted by Gasteiger charge is 2.70. The van der Waals surface area contributed by atoms with Crippen LogP contribution in [0, 0.1) is 5.92 Å². The van der Waals surface area contributed by atoms with Gasteiger partial charge in [-0.05, 0) is 61.5 Å². The van der Waals surface area contributed by atoms with Crippen LogP contribution in [0.25, 0.3) is 16.5 Å². The van der Waals surface area contributed by atoms with Crippen LogP contribution in [0.2, 0.25) is 0 Å². The van der Waals surface area contributed by atoms with Crippen molar-refractivity contribution >= 4 is 34.2 Å². The number of carbonyl (C=O) groups is 3. The van der Waals surface area contributed by atoms with E-state index in [0.717, 1.165) is 38.1 Å². The number of likely N-dealkylation sites (N-methyl/N-ethyl adjacent to an activating group) is 1. The lowest BCUT2D eigenvalue weighted by Crippen LogP contribution is -2.71. The first-order valence-electron chi connectivity index (χ1n) is 16.4. The summed E-state index contributed by atoms with van der Waals surface area (Å²) >= 11 is 0. The van der Waals surface area contributed by atoms with Crippen molar-refractivity contribution in [3.05, 3.63) is 77.5 Å². The third-order valence-corrected chi connectivity index (χ3v) is 9.88. The van der Waals surface area contributed by atoms with Gasteiger partial charge in [0.25, 0.3) is 11.8 Å². The lowest BCUT2D eigenvalue weighted by atomic mass is 9.80. The van der Waals surface area contributed by atoms with Crippen molar-refractivity contribution < 1.29 is 28.3 Å². The third kappa shape index (κ3) is 3.79. The predicted octanol–water partition coefficient (Wildman–Crippen LogP) is 1.99. The number of piperazine rings is 1. The molecule has 0 spiro atoms. The van der Waals surface area contributed by atoms with Crippen LogP contribution < -0.4 is 5.32 Å². The van der Waals surface area contributed by atoms with Crippen LogP contribution in [0.15, 0.2) is 60.8 Å². The van der Waals surface area contributed by atoms with Gasteiger partial charge in [0, 0.05) is 46.8 Å². The highest BCUT2D eigenvalue weighted by Crippen LogP contribution is 2.46. The fourth-order valence-electron chi connectivity index (χ4n) is 7.91. The normalized spacial score (nSPS) is 34.7. The van der Waals surface area contributed by atoms with E-state index < -0.39 is 54.5 Å². The second-order valence-electron chi connectivity index (χ2n) is 12.5. The van der Waals surface area contributed by atoms with Gasteiger partial charge in [-0.1, -0.05) is 48.5 Å². The maximum absolute atomic E-state index is 14.2. The van der Waals surface area contributed by atoms with E-state index in [0.29, 0.717) is 25.8 Å². The number of hydrogen-bond acceptors (Lipinski definition) is 6. The Kier molecular flexibility index (Phi) is 5.05. The van der Waals surface area contributed by atoms with E-state index >= 15 is 0 Å². The molecule has 5 heterocycles. The Labute approximate surface area is 253 Å². The van der Waals surface area contributed by atoms with E-state index in [1.807, 2.05) is 54.7 Å². The molecular weight excluding hydrogens is 547 g/mol. The third-order valence-electron chi connectivity index (χ3n) is 9.88. The molecule has 3 N–H and O–H groups in total. The maximum atomic E-state index is 14.2. The number of nitrogens with one attached hydrogen (secondary N) is 2. The summed E-state index contributed by atoms with van der Waals surface area (Å²) in [6.45, 7) is -0.764. The molecule has 4 aliphatic heterocycles. The molecule has 1 aliphatic carbocycles. The molecule has 3 aromatic rings. The monoisotopic (exact) mass is 585 g/mol. The number of fused-ring (bicyclic) bond motifs is 5. The highest BCUT2D eigenvalue weighted by molar-refractivity contribution is 6.00. The van der Waals surface area contributed by atoms with Crippen LogP contribution in [0.5, 0.6) is 0 Å². The predicted molar refractivity (Wildman–Crippen MR) is 158 cm³/mol. The highest BCUT2D eigenvalue weighted by atomic mass is 16.7. The molecule has 0 saturated carbocycles. The van der Waals surface area contributed by atoms with Gasteiger partial charge in [-0.25, -0.2) is 0 Å². The number of carbonyl (C=O) groups excluding carboxylic acids is 3. The molecule has 6 atom stereocenters. The molecule has 3 saturated heterocycles. The molecule has 3 fully saturated rings. The van der Waals surface area contributed by atoms with Gasteiger partial charge in [0.1, 0.15) is 12.1 Å². The fraction of sp³-hybridized carbons (Fsp3) is 0.424. The quantitative estimate of drug-likeness (QED) is 0.403. The molecule has 8 rings (SSSR count). The minimum absolute atomic E-state index is 0.101. The van der Waals surface area contributed by atoms with E-state index in [2.05, 4.69) is 10.3 Å². The van der Waals surface area contributed by atoms with Gasteiger partial charge in [0.2, 0.25) is 17.5 Å². The minimum Gasteiger partial charge on any atom is -0.361 e. The first kappa shape index (κ1) is 23.5. The Balaban J connectivity index is 1.13. The summed E-state index contributed by atoms with van der Waals surface area (Å²) in [5.74, 6) is -4.69. The summed E-state index contributed by atoms with van der Waals surface area (Å²) in [7, 11) is 0. The number of nitrogens with zero attached hydrogens (tertiary/aromatic N) is 3. The van der Waals surface area contributed by atoms with Gasteiger partial charge >= 0.3 is 0 Å². The van der Waals surface area contributed by atoms with E-state index in [9.17, 15) is 19.5 Å². The molecule has 10 nitrogen and oxygen atoms in total. The summed E-state index contributed by atoms with van der Waals surface area (Å²) < 4.78 is 31.2. The number of aromatic amines is 1. The van der Waals surface area contributed by atoms with Gasteiger partial charge in [-0.15, -0.1) is 0 Å². The Morgan fingerprint density at radius 3 is 2.86 bits per heavy atom. The second kappa shape index (κ2) is 9.25. The van der Waals surface area contributed by atoms with Crippen molar-refractivity contribution in [2.24, 2.45) is 5.92 Å². The number of hydrogen-bond donors (Lipinski definition) is 3. The van der Waals surface area contributed by atoms with Crippen LogP contribution in [-0.4, -0.2) is 92.3 Å². The molecule has 0 unspecified atom stereocenters. The topological polar surface area (TPSA) is 118 Å². The molecule has 3 amide bonds. The molecule has 43 heavy (non-hydrogen) atoms. The van der Waals surface area contributed by atoms with Crippen molar-refractivity contribution in [1.29, 1.82) is 0 Å². The van der Waals surface area contributed by atoms with Crippen LogP contribution in [0.1, 0.15) is 40.6 Å². The van der Waals surface area contributed by atoms with Crippen molar-refractivity contribution in [3.8, 4) is 0 Å². The molecule has 1 aromatic heterocycles. The smallest absolute Gasteiger partial charge is 0.280 e. The SMILES string of the molecule is [2H][13C]([2H])([2H])N1C[C@H](C(=O)N[C@]2(C)O[C@@]3(O)[C@@H]4CCCN4C(=O)[C@H](Cc4ccccc4)N3C2=O)C=C2c3cccc4[nH]cc(c34)C[C@H]21. The minimum atomic E-state index is -2.49. The van der Waals surface area contributed by atoms with E-state index in [-0.39, 0.29) is 18.9 Å². The van der Waals surface area contributed by atoms with Gasteiger partial charge in [-0.3, -0.25) is 28.9 Å². The molecule has 5 aliphatic rings. The van der Waals surface area contributed by atoms with Crippen molar-refractivity contribution in [2.45, 2.75) is 62.4 Å². The second-order valence-corrected chi connectivity index (χ2v) is 12.5. The lowest BCUT2D eigenvalue weighted by molar-refractivity contribution is -0.315. The van der Waals surface area contributed by atoms with Crippen molar-refractivity contribution in [2.75, 3.05) is 20.1 Å². The zero-order chi connectivity index (χ0) is 32.2. The Morgan fingerprint density at radius 2 is 2.05 bits per heavy atom. The zero-order valence-electron chi connectivity index (χ0n) is 26.7. The zero-order valence-corrected chi connectivity index (χ0v) is 23.7. The van der Waals surface area contributed by atoms with Crippen LogP contribution >= 0.6 is 0 Å². The lowest BCUT2D eigenvalue weighted by Gasteiger charge is -2.48. The Morgan fingerprint density at radius 1 is 1.21 bits per heavy atom. The van der Waals surface area contributed by atoms with Gasteiger partial charge < -0.3 is 20.3 Å². The van der Waals surface area contributed by atoms with Crippen LogP contribution in [0.3, 0.4) is 0 Å². The van der Waals surface area contributed by atoms with Crippen LogP contribution in [0.4, 0.5) is 0 Å². The van der Waals surface area contributed by atoms with Gasteiger partial charge in [0.05, 0.1) is 5.92 Å². The molecular formula is C33H35N5O5. The standard InChI is InChI=1S/C33H35N5O5/c1-32(35-29(39)21-15-23-22-10-6-11-24-28(22)20(17-34-24)16-25(23)36(2)18-21)31(41)38-26(14-19-8-4-3-5-9-19)30(40)37-13-7-12-27(37)33(38,42)43-32/h3-6,8-11,15,17,21,25-27,34,42H,7,12-14,16,18H2,1-2H3,(H,35,39)/t21-,25-,26+,27+,32-,33+/m1/s1/i2+1D3. The van der Waals surface area contributed by atoms with Crippen molar-refractivity contribution in [3.63, 3.8) is 0 Å². The maximum Gasteiger partial charge on any atom is 0.280 e. The number of rotatable bonds is 4. The van der Waals surface area contributed by atoms with E-state index in [4.69, 9.17) is 8.85 Å². The summed E-state index contributed by atoms with van der Waals surface area (Å²) in [5.41, 5.74) is 2.38. The largest absolute Gasteiger partial charge is 0.361 e. The van der Waals surface area contributed by atoms with E-state index in [1.54, 1.807) is 11.0 Å². The molecule has 10 heteroatoms. The Bertz CT molecular complexity index is 1810. The number of ether oxygens (including phenoxy) is 1. The summed E-state index contributed by atoms with van der Waals surface area (Å²) in [4.78, 5) is 49.4.